The van der Waals surface area contributed by atoms with E-state index in [1.54, 1.807) is 0 Å². The first-order valence-electron chi connectivity index (χ1n) is 6.73. The molecule has 0 radical (unpaired) electrons. The fourth-order valence-corrected chi connectivity index (χ4v) is 3.03. The topological polar surface area (TPSA) is 90.2 Å². The minimum Gasteiger partial charge on any atom is -0.391 e. The molecule has 2 rings (SSSR count). The van der Waals surface area contributed by atoms with Crippen molar-refractivity contribution in [1.82, 2.24) is 4.72 Å². The molecule has 1 unspecified atom stereocenters. The number of aliphatic hydroxyl groups excluding tert-OH is 1. The number of nitriles is 1. The number of sulfonamides is 1. The summed E-state index contributed by atoms with van der Waals surface area (Å²) in [5.74, 6) is 0. The number of benzene rings is 2. The van der Waals surface area contributed by atoms with Gasteiger partial charge in [0.15, 0.2) is 0 Å². The van der Waals surface area contributed by atoms with Crippen molar-refractivity contribution in [2.75, 3.05) is 6.54 Å². The molecule has 1 atom stereocenters. The van der Waals surface area contributed by atoms with Crippen molar-refractivity contribution in [3.05, 3.63) is 65.7 Å². The van der Waals surface area contributed by atoms with Crippen LogP contribution in [0.3, 0.4) is 0 Å². The van der Waals surface area contributed by atoms with Gasteiger partial charge in [-0.25, -0.2) is 13.1 Å². The van der Waals surface area contributed by atoms with E-state index >= 15 is 0 Å². The van der Waals surface area contributed by atoms with Crippen LogP contribution in [-0.4, -0.2) is 26.2 Å². The maximum atomic E-state index is 12.1. The zero-order valence-corrected chi connectivity index (χ0v) is 12.6. The third kappa shape index (κ3) is 4.40. The SMILES string of the molecule is N#Cc1ccc(S(=O)(=O)NCC(O)Cc2ccccc2)cc1. The van der Waals surface area contributed by atoms with Gasteiger partial charge in [-0.15, -0.1) is 0 Å². The van der Waals surface area contributed by atoms with E-state index < -0.39 is 16.1 Å². The van der Waals surface area contributed by atoms with Crippen molar-refractivity contribution in [3.8, 4) is 6.07 Å². The van der Waals surface area contributed by atoms with Gasteiger partial charge in [-0.3, -0.25) is 0 Å². The highest BCUT2D eigenvalue weighted by Gasteiger charge is 2.16. The van der Waals surface area contributed by atoms with Crippen molar-refractivity contribution in [2.45, 2.75) is 17.4 Å². The van der Waals surface area contributed by atoms with Gasteiger partial charge in [-0.1, -0.05) is 30.3 Å². The molecule has 0 saturated heterocycles. The molecule has 2 aromatic rings. The second-order valence-corrected chi connectivity index (χ2v) is 6.60. The molecule has 0 heterocycles. The molecular formula is C16H16N2O3S. The number of hydrogen-bond donors (Lipinski definition) is 2. The second kappa shape index (κ2) is 7.18. The van der Waals surface area contributed by atoms with Crippen LogP contribution in [0.2, 0.25) is 0 Å². The molecule has 114 valence electrons. The maximum Gasteiger partial charge on any atom is 0.240 e. The second-order valence-electron chi connectivity index (χ2n) is 4.83. The standard InChI is InChI=1S/C16H16N2O3S/c17-11-14-6-8-16(9-7-14)22(20,21)18-12-15(19)10-13-4-2-1-3-5-13/h1-9,15,18-19H,10,12H2. The first kappa shape index (κ1) is 16.2. The van der Waals surface area contributed by atoms with Crippen LogP contribution in [0, 0.1) is 11.3 Å². The van der Waals surface area contributed by atoms with Crippen LogP contribution < -0.4 is 4.72 Å². The number of hydrogen-bond acceptors (Lipinski definition) is 4. The largest absolute Gasteiger partial charge is 0.391 e. The summed E-state index contributed by atoms with van der Waals surface area (Å²) in [6.45, 7) is -0.0722. The minimum atomic E-state index is -3.69. The zero-order valence-electron chi connectivity index (χ0n) is 11.8. The van der Waals surface area contributed by atoms with Gasteiger partial charge in [-0.05, 0) is 36.2 Å². The molecular weight excluding hydrogens is 300 g/mol. The summed E-state index contributed by atoms with van der Waals surface area (Å²) in [7, 11) is -3.69. The van der Waals surface area contributed by atoms with Crippen LogP contribution in [0.1, 0.15) is 11.1 Å². The van der Waals surface area contributed by atoms with E-state index in [-0.39, 0.29) is 11.4 Å². The van der Waals surface area contributed by atoms with E-state index in [0.29, 0.717) is 12.0 Å². The molecule has 0 amide bonds. The first-order valence-corrected chi connectivity index (χ1v) is 8.21. The fourth-order valence-electron chi connectivity index (χ4n) is 1.96. The Hall–Kier alpha value is -2.20. The Balaban J connectivity index is 1.95. The Kier molecular flexibility index (Phi) is 5.28. The summed E-state index contributed by atoms with van der Waals surface area (Å²) in [6.07, 6.45) is -0.438. The molecule has 5 nitrogen and oxygen atoms in total. The van der Waals surface area contributed by atoms with E-state index in [1.807, 2.05) is 36.4 Å². The molecule has 0 spiro atoms. The van der Waals surface area contributed by atoms with Gasteiger partial charge in [0, 0.05) is 6.54 Å². The lowest BCUT2D eigenvalue weighted by Crippen LogP contribution is -2.33. The average molecular weight is 316 g/mol. The monoisotopic (exact) mass is 316 g/mol. The van der Waals surface area contributed by atoms with Gasteiger partial charge in [-0.2, -0.15) is 5.26 Å². The third-order valence-electron chi connectivity index (χ3n) is 3.12. The van der Waals surface area contributed by atoms with Gasteiger partial charge in [0.2, 0.25) is 10.0 Å². The van der Waals surface area contributed by atoms with Gasteiger partial charge in [0.1, 0.15) is 0 Å². The summed E-state index contributed by atoms with van der Waals surface area (Å²) in [5.41, 5.74) is 1.33. The van der Waals surface area contributed by atoms with Crippen LogP contribution >= 0.6 is 0 Å². The summed E-state index contributed by atoms with van der Waals surface area (Å²) in [5, 5.41) is 18.6. The predicted octanol–water partition coefficient (Wildman–Crippen LogP) is 1.44. The number of nitrogens with zero attached hydrogens (tertiary/aromatic N) is 1. The van der Waals surface area contributed by atoms with Gasteiger partial charge < -0.3 is 5.11 Å². The van der Waals surface area contributed by atoms with Crippen LogP contribution in [0.4, 0.5) is 0 Å². The molecule has 2 aromatic carbocycles. The van der Waals surface area contributed by atoms with E-state index in [9.17, 15) is 13.5 Å². The highest BCUT2D eigenvalue weighted by atomic mass is 32.2. The number of nitrogens with one attached hydrogen (secondary N) is 1. The molecule has 0 aliphatic carbocycles. The Morgan fingerprint density at radius 1 is 1.09 bits per heavy atom. The summed E-state index contributed by atoms with van der Waals surface area (Å²) < 4.78 is 26.5. The summed E-state index contributed by atoms with van der Waals surface area (Å²) in [6, 6.07) is 16.9. The molecule has 22 heavy (non-hydrogen) atoms. The lowest BCUT2D eigenvalue weighted by Gasteiger charge is -2.12. The molecule has 0 fully saturated rings. The van der Waals surface area contributed by atoms with Crippen molar-refractivity contribution in [2.24, 2.45) is 0 Å². The van der Waals surface area contributed by atoms with Crippen molar-refractivity contribution in [3.63, 3.8) is 0 Å². The van der Waals surface area contributed by atoms with Crippen LogP contribution in [0.5, 0.6) is 0 Å². The summed E-state index contributed by atoms with van der Waals surface area (Å²) in [4.78, 5) is 0.0680. The lowest BCUT2D eigenvalue weighted by atomic mass is 10.1. The molecule has 6 heteroatoms. The lowest BCUT2D eigenvalue weighted by molar-refractivity contribution is 0.179. The zero-order chi connectivity index (χ0) is 16.0. The average Bonchev–Trinajstić information content (AvgIpc) is 2.54. The van der Waals surface area contributed by atoms with Gasteiger partial charge in [0.05, 0.1) is 22.6 Å². The normalized spacial score (nSPS) is 12.5. The molecule has 0 aromatic heterocycles. The van der Waals surface area contributed by atoms with Crippen molar-refractivity contribution >= 4 is 10.0 Å². The van der Waals surface area contributed by atoms with E-state index in [2.05, 4.69) is 4.72 Å². The third-order valence-corrected chi connectivity index (χ3v) is 4.56. The number of aliphatic hydroxyl groups is 1. The fraction of sp³-hybridized carbons (Fsp3) is 0.188. The quantitative estimate of drug-likeness (QED) is 0.844. The smallest absolute Gasteiger partial charge is 0.240 e. The maximum absolute atomic E-state index is 12.1. The highest BCUT2D eigenvalue weighted by molar-refractivity contribution is 7.89. The van der Waals surface area contributed by atoms with E-state index in [0.717, 1.165) is 5.56 Å². The van der Waals surface area contributed by atoms with Crippen molar-refractivity contribution < 1.29 is 13.5 Å². The Morgan fingerprint density at radius 3 is 2.32 bits per heavy atom. The molecule has 0 saturated carbocycles. The van der Waals surface area contributed by atoms with Crippen LogP contribution in [0.15, 0.2) is 59.5 Å². The molecule has 0 bridgehead atoms. The summed E-state index contributed by atoms with van der Waals surface area (Å²) >= 11 is 0. The molecule has 0 aliphatic rings. The van der Waals surface area contributed by atoms with Crippen LogP contribution in [-0.2, 0) is 16.4 Å². The molecule has 0 aliphatic heterocycles. The highest BCUT2D eigenvalue weighted by Crippen LogP contribution is 2.10. The number of rotatable bonds is 6. The van der Waals surface area contributed by atoms with Crippen molar-refractivity contribution in [1.29, 1.82) is 5.26 Å². The van der Waals surface area contributed by atoms with Crippen LogP contribution in [0.25, 0.3) is 0 Å². The first-order chi connectivity index (χ1) is 10.5. The van der Waals surface area contributed by atoms with Gasteiger partial charge in [0.25, 0.3) is 0 Å². The van der Waals surface area contributed by atoms with Gasteiger partial charge >= 0.3 is 0 Å². The Morgan fingerprint density at radius 2 is 1.73 bits per heavy atom. The van der Waals surface area contributed by atoms with E-state index in [4.69, 9.17) is 5.26 Å². The predicted molar refractivity (Wildman–Crippen MR) is 82.5 cm³/mol. The van der Waals surface area contributed by atoms with E-state index in [1.165, 1.54) is 24.3 Å². The Bertz CT molecular complexity index is 750. The minimum absolute atomic E-state index is 0.0680. The Labute approximate surface area is 129 Å². The molecule has 2 N–H and O–H groups in total.